The second-order valence-corrected chi connectivity index (χ2v) is 12.0. The molecule has 1 aliphatic heterocycles. The molecule has 0 unspecified atom stereocenters. The molecule has 1 atom stereocenters. The second-order valence-electron chi connectivity index (χ2n) is 12.0. The molecular weight excluding hydrogens is 483 g/mol. The molecule has 1 amide bonds. The van der Waals surface area contributed by atoms with Crippen molar-refractivity contribution in [3.63, 3.8) is 0 Å². The first kappa shape index (κ1) is 29.2. The summed E-state index contributed by atoms with van der Waals surface area (Å²) in [5.41, 5.74) is -0.0203. The zero-order valence-corrected chi connectivity index (χ0v) is 22.6. The summed E-state index contributed by atoms with van der Waals surface area (Å²) in [7, 11) is 1.57. The summed E-state index contributed by atoms with van der Waals surface area (Å²) >= 11 is 0. The predicted molar refractivity (Wildman–Crippen MR) is 136 cm³/mol. The van der Waals surface area contributed by atoms with E-state index in [-0.39, 0.29) is 29.3 Å². The van der Waals surface area contributed by atoms with Gasteiger partial charge in [0.15, 0.2) is 0 Å². The summed E-state index contributed by atoms with van der Waals surface area (Å²) in [6, 6.07) is 4.46. The van der Waals surface area contributed by atoms with Crippen LogP contribution in [-0.4, -0.2) is 41.6 Å². The lowest BCUT2D eigenvalue weighted by molar-refractivity contribution is -0.143. The Morgan fingerprint density at radius 3 is 2.32 bits per heavy atom. The number of methoxy groups -OCH3 is 1. The van der Waals surface area contributed by atoms with Crippen LogP contribution in [0, 0.1) is 11.3 Å². The number of carboxylic acids is 1. The highest BCUT2D eigenvalue weighted by atomic mass is 19.4. The van der Waals surface area contributed by atoms with Crippen molar-refractivity contribution in [2.45, 2.75) is 96.7 Å². The molecule has 1 heterocycles. The quantitative estimate of drug-likeness (QED) is 0.410. The zero-order valence-electron chi connectivity index (χ0n) is 22.6. The molecule has 0 aromatic heterocycles. The molecule has 0 radical (unpaired) electrons. The fourth-order valence-corrected chi connectivity index (χ4v) is 5.55. The average molecular weight is 524 g/mol. The molecule has 2 aliphatic rings. The van der Waals surface area contributed by atoms with E-state index in [0.29, 0.717) is 57.1 Å². The lowest BCUT2D eigenvalue weighted by Crippen LogP contribution is -2.47. The number of amides is 1. The van der Waals surface area contributed by atoms with Crippen LogP contribution in [-0.2, 0) is 32.3 Å². The number of ether oxygens (including phenoxy) is 1. The second kappa shape index (κ2) is 11.2. The van der Waals surface area contributed by atoms with Crippen molar-refractivity contribution in [1.82, 2.24) is 4.90 Å². The third-order valence-corrected chi connectivity index (χ3v) is 8.01. The maximum atomic E-state index is 14.2. The number of carbonyl (C=O) groups is 2. The van der Waals surface area contributed by atoms with Gasteiger partial charge >= 0.3 is 12.1 Å². The minimum atomic E-state index is -4.50. The first-order chi connectivity index (χ1) is 17.2. The standard InChI is InChI=1S/C29H40F3NO4/c1-27(2,3)14-12-19-6-9-21(16-24(19)29(30,31)32)28(4)17-25(34)33(18-22(28)13-15-37-5)23-10-7-20(8-11-23)26(35)36/h6,9,16,18,20,23H,7-8,10-15,17H2,1-5H3,(H,35,36)/t20?,23?,28-/m0/s1. The van der Waals surface area contributed by atoms with Crippen molar-refractivity contribution in [2.75, 3.05) is 13.7 Å². The number of nitrogens with zero attached hydrogens (tertiary/aromatic N) is 1. The lowest BCUT2D eigenvalue weighted by Gasteiger charge is -2.43. The minimum absolute atomic E-state index is 0.0556. The van der Waals surface area contributed by atoms with Gasteiger partial charge in [-0.1, -0.05) is 39.8 Å². The van der Waals surface area contributed by atoms with E-state index in [1.807, 2.05) is 27.7 Å². The number of aliphatic carboxylic acids is 1. The first-order valence-electron chi connectivity index (χ1n) is 13.1. The van der Waals surface area contributed by atoms with E-state index in [4.69, 9.17) is 4.74 Å². The van der Waals surface area contributed by atoms with Crippen molar-refractivity contribution >= 4 is 11.9 Å². The van der Waals surface area contributed by atoms with Crippen molar-refractivity contribution in [2.24, 2.45) is 11.3 Å². The number of hydrogen-bond donors (Lipinski definition) is 1. The Morgan fingerprint density at radius 2 is 1.78 bits per heavy atom. The van der Waals surface area contributed by atoms with Gasteiger partial charge in [0.2, 0.25) is 5.91 Å². The summed E-state index contributed by atoms with van der Waals surface area (Å²) in [5.74, 6) is -1.34. The van der Waals surface area contributed by atoms with E-state index < -0.39 is 29.0 Å². The van der Waals surface area contributed by atoms with Crippen molar-refractivity contribution in [3.8, 4) is 0 Å². The van der Waals surface area contributed by atoms with Gasteiger partial charge < -0.3 is 14.7 Å². The number of alkyl halides is 3. The molecule has 8 heteroatoms. The highest BCUT2D eigenvalue weighted by Gasteiger charge is 2.43. The summed E-state index contributed by atoms with van der Waals surface area (Å²) < 4.78 is 47.8. The molecule has 0 bridgehead atoms. The summed E-state index contributed by atoms with van der Waals surface area (Å²) in [5, 5.41) is 9.31. The lowest BCUT2D eigenvalue weighted by atomic mass is 9.69. The third kappa shape index (κ3) is 6.95. The molecule has 5 nitrogen and oxygen atoms in total. The number of benzene rings is 1. The van der Waals surface area contributed by atoms with E-state index in [9.17, 15) is 27.9 Å². The number of hydrogen-bond acceptors (Lipinski definition) is 3. The van der Waals surface area contributed by atoms with E-state index in [2.05, 4.69) is 0 Å². The van der Waals surface area contributed by atoms with E-state index >= 15 is 0 Å². The Hall–Kier alpha value is -2.35. The molecule has 0 saturated heterocycles. The summed E-state index contributed by atoms with van der Waals surface area (Å²) in [4.78, 5) is 26.4. The Balaban J connectivity index is 1.97. The number of aryl methyl sites for hydroxylation is 1. The average Bonchev–Trinajstić information content (AvgIpc) is 2.81. The molecule has 37 heavy (non-hydrogen) atoms. The summed E-state index contributed by atoms with van der Waals surface area (Å²) in [6.07, 6.45) is 0.995. The van der Waals surface area contributed by atoms with Crippen molar-refractivity contribution in [1.29, 1.82) is 0 Å². The van der Waals surface area contributed by atoms with Crippen LogP contribution in [0.1, 0.15) is 89.3 Å². The molecule has 1 aromatic carbocycles. The van der Waals surface area contributed by atoms with Crippen LogP contribution in [0.25, 0.3) is 0 Å². The van der Waals surface area contributed by atoms with Crippen LogP contribution in [0.4, 0.5) is 13.2 Å². The summed E-state index contributed by atoms with van der Waals surface area (Å²) in [6.45, 7) is 8.25. The number of carboxylic acid groups (broad SMARTS) is 1. The molecule has 1 N–H and O–H groups in total. The van der Waals surface area contributed by atoms with Gasteiger partial charge in [-0.15, -0.1) is 0 Å². The van der Waals surface area contributed by atoms with Gasteiger partial charge in [0.25, 0.3) is 0 Å². The van der Waals surface area contributed by atoms with Crippen LogP contribution in [0.15, 0.2) is 30.0 Å². The van der Waals surface area contributed by atoms with Gasteiger partial charge in [0.1, 0.15) is 0 Å². The van der Waals surface area contributed by atoms with Gasteiger partial charge in [0.05, 0.1) is 11.5 Å². The Labute approximate surface area is 218 Å². The third-order valence-electron chi connectivity index (χ3n) is 8.01. The van der Waals surface area contributed by atoms with E-state index in [1.54, 1.807) is 30.3 Å². The zero-order chi connectivity index (χ0) is 27.6. The van der Waals surface area contributed by atoms with Crippen molar-refractivity contribution in [3.05, 3.63) is 46.7 Å². The number of rotatable bonds is 8. The first-order valence-corrected chi connectivity index (χ1v) is 13.1. The SMILES string of the molecule is COCCC1=CN(C2CCC(C(=O)O)CC2)C(=O)C[C@@]1(C)c1ccc(CCC(C)(C)C)c(C(F)(F)F)c1. The minimum Gasteiger partial charge on any atom is -0.481 e. The normalized spacial score (nSPS) is 25.2. The Morgan fingerprint density at radius 1 is 1.14 bits per heavy atom. The molecule has 1 aliphatic carbocycles. The molecule has 1 aromatic rings. The molecule has 1 saturated carbocycles. The van der Waals surface area contributed by atoms with Gasteiger partial charge in [-0.05, 0) is 73.1 Å². The van der Waals surface area contributed by atoms with Crippen LogP contribution in [0.3, 0.4) is 0 Å². The van der Waals surface area contributed by atoms with Crippen LogP contribution in [0.5, 0.6) is 0 Å². The van der Waals surface area contributed by atoms with Crippen LogP contribution < -0.4 is 0 Å². The maximum absolute atomic E-state index is 14.2. The predicted octanol–water partition coefficient (Wildman–Crippen LogP) is 6.74. The molecule has 3 rings (SSSR count). The molecule has 206 valence electrons. The molecule has 1 fully saturated rings. The van der Waals surface area contributed by atoms with Gasteiger partial charge in [0, 0.05) is 37.8 Å². The highest BCUT2D eigenvalue weighted by Crippen LogP contribution is 2.45. The topological polar surface area (TPSA) is 66.8 Å². The smallest absolute Gasteiger partial charge is 0.416 e. The number of carbonyl (C=O) groups excluding carboxylic acids is 1. The fourth-order valence-electron chi connectivity index (χ4n) is 5.55. The van der Waals surface area contributed by atoms with Gasteiger partial charge in [-0.25, -0.2) is 0 Å². The maximum Gasteiger partial charge on any atom is 0.416 e. The monoisotopic (exact) mass is 523 g/mol. The molecular formula is C29H40F3NO4. The van der Waals surface area contributed by atoms with E-state index in [1.165, 1.54) is 6.07 Å². The van der Waals surface area contributed by atoms with E-state index in [0.717, 1.165) is 5.57 Å². The van der Waals surface area contributed by atoms with Gasteiger partial charge in [-0.3, -0.25) is 9.59 Å². The largest absolute Gasteiger partial charge is 0.481 e. The fraction of sp³-hybridized carbons (Fsp3) is 0.655. The van der Waals surface area contributed by atoms with Crippen molar-refractivity contribution < 1.29 is 32.6 Å². The van der Waals surface area contributed by atoms with Crippen LogP contribution >= 0.6 is 0 Å². The van der Waals surface area contributed by atoms with Crippen LogP contribution in [0.2, 0.25) is 0 Å². The number of halogens is 3. The molecule has 0 spiro atoms. The Kier molecular flexibility index (Phi) is 8.82. The van der Waals surface area contributed by atoms with Gasteiger partial charge in [-0.2, -0.15) is 13.2 Å². The highest BCUT2D eigenvalue weighted by molar-refractivity contribution is 5.82. The Bertz CT molecular complexity index is 1020.